The number of carbonyl (C=O) groups excluding carboxylic acids is 3. The first-order chi connectivity index (χ1) is 25.4. The number of amides is 3. The molecule has 0 aromatic heterocycles. The Morgan fingerprint density at radius 1 is 0.868 bits per heavy atom. The molecule has 0 radical (unpaired) electrons. The molecule has 10 nitrogen and oxygen atoms in total. The van der Waals surface area contributed by atoms with E-state index in [4.69, 9.17) is 9.47 Å². The Kier molecular flexibility index (Phi) is 11.8. The minimum atomic E-state index is -0.728. The Morgan fingerprint density at radius 2 is 1.58 bits per heavy atom. The van der Waals surface area contributed by atoms with E-state index in [2.05, 4.69) is 37.5 Å². The molecule has 7 rings (SSSR count). The highest BCUT2D eigenvalue weighted by Crippen LogP contribution is 2.42. The second-order valence-corrected chi connectivity index (χ2v) is 17.7. The zero-order valence-electron chi connectivity index (χ0n) is 32.3. The summed E-state index contributed by atoms with van der Waals surface area (Å²) in [6.07, 6.45) is 6.80. The zero-order chi connectivity index (χ0) is 37.4. The molecule has 1 aromatic carbocycles. The van der Waals surface area contributed by atoms with Crippen molar-refractivity contribution in [3.63, 3.8) is 0 Å². The molecule has 5 aliphatic heterocycles. The minimum Gasteiger partial charge on any atom is -0.381 e. The lowest BCUT2D eigenvalue weighted by atomic mass is 9.75. The molecular formula is C41H61F2N5O5. The van der Waals surface area contributed by atoms with Gasteiger partial charge >= 0.3 is 0 Å². The van der Waals surface area contributed by atoms with E-state index in [0.717, 1.165) is 64.1 Å². The first-order valence-corrected chi connectivity index (χ1v) is 20.4. The van der Waals surface area contributed by atoms with Crippen molar-refractivity contribution in [3.8, 4) is 0 Å². The standard InChI is InChI=1S/C41H61F2N5O5/c1-27(2)44-15-17-45(18-16-44)39(50)36-23-31(48(40(51)37-6-5-19-53-37)30-9-13-41(3,4)14-10-30)24-47(36)38(49)34-26-46(29-11-20-52-21-12-29)25-33(34)32-8-7-28(42)22-35(32)43/h7-8,22,27,29-31,33-34,36-37H,5-6,9-21,23-26H2,1-4H3/t31?,33-,34+,36+,37-/m0/s1. The molecule has 1 unspecified atom stereocenters. The summed E-state index contributed by atoms with van der Waals surface area (Å²) in [4.78, 5) is 54.7. The normalized spacial score (nSPS) is 30.7. The van der Waals surface area contributed by atoms with Gasteiger partial charge in [-0.2, -0.15) is 0 Å². The van der Waals surface area contributed by atoms with Crippen molar-refractivity contribution < 1.29 is 32.6 Å². The van der Waals surface area contributed by atoms with E-state index >= 15 is 9.18 Å². The summed E-state index contributed by atoms with van der Waals surface area (Å²) in [6, 6.07) is 3.19. The van der Waals surface area contributed by atoms with Crippen molar-refractivity contribution in [2.24, 2.45) is 11.3 Å². The maximum Gasteiger partial charge on any atom is 0.252 e. The van der Waals surface area contributed by atoms with Crippen molar-refractivity contribution in [2.75, 3.05) is 65.6 Å². The first kappa shape index (κ1) is 38.6. The maximum absolute atomic E-state index is 15.6. The number of piperazine rings is 1. The highest BCUT2D eigenvalue weighted by Gasteiger charge is 2.52. The summed E-state index contributed by atoms with van der Waals surface area (Å²) in [7, 11) is 0. The molecule has 53 heavy (non-hydrogen) atoms. The molecule has 5 heterocycles. The van der Waals surface area contributed by atoms with Gasteiger partial charge in [-0.05, 0) is 88.7 Å². The number of ether oxygens (including phenoxy) is 2. The van der Waals surface area contributed by atoms with E-state index in [1.807, 2.05) is 9.80 Å². The van der Waals surface area contributed by atoms with E-state index in [9.17, 15) is 14.0 Å². The number of hydrogen-bond acceptors (Lipinski definition) is 7. The molecule has 5 atom stereocenters. The second kappa shape index (κ2) is 16.2. The van der Waals surface area contributed by atoms with Gasteiger partial charge in [0.15, 0.2) is 0 Å². The van der Waals surface area contributed by atoms with E-state index < -0.39 is 35.6 Å². The van der Waals surface area contributed by atoms with Crippen LogP contribution in [0.3, 0.4) is 0 Å². The molecule has 1 aliphatic carbocycles. The molecule has 6 aliphatic rings. The summed E-state index contributed by atoms with van der Waals surface area (Å²) in [6.45, 7) is 14.6. The maximum atomic E-state index is 15.6. The number of likely N-dealkylation sites (tertiary alicyclic amines) is 2. The Labute approximate surface area is 314 Å². The van der Waals surface area contributed by atoms with Crippen molar-refractivity contribution in [1.29, 1.82) is 0 Å². The number of carbonyl (C=O) groups is 3. The van der Waals surface area contributed by atoms with E-state index in [-0.39, 0.29) is 47.8 Å². The molecule has 12 heteroatoms. The van der Waals surface area contributed by atoms with Crippen LogP contribution in [-0.2, 0) is 23.9 Å². The molecular weight excluding hydrogens is 680 g/mol. The third kappa shape index (κ3) is 8.31. The van der Waals surface area contributed by atoms with Crippen molar-refractivity contribution >= 4 is 17.7 Å². The summed E-state index contributed by atoms with van der Waals surface area (Å²) in [5, 5.41) is 0. The Morgan fingerprint density at radius 3 is 2.23 bits per heavy atom. The van der Waals surface area contributed by atoms with Crippen LogP contribution in [0.15, 0.2) is 18.2 Å². The van der Waals surface area contributed by atoms with Crippen LogP contribution in [0.2, 0.25) is 0 Å². The summed E-state index contributed by atoms with van der Waals surface area (Å²) in [5.41, 5.74) is 0.537. The first-order valence-electron chi connectivity index (χ1n) is 20.4. The van der Waals surface area contributed by atoms with E-state index in [0.29, 0.717) is 70.4 Å². The van der Waals surface area contributed by atoms with Gasteiger partial charge in [-0.1, -0.05) is 19.9 Å². The number of rotatable bonds is 8. The molecule has 0 spiro atoms. The quantitative estimate of drug-likeness (QED) is 0.384. The van der Waals surface area contributed by atoms with Gasteiger partial charge in [-0.15, -0.1) is 0 Å². The average molecular weight is 742 g/mol. The van der Waals surface area contributed by atoms with Gasteiger partial charge in [0.2, 0.25) is 11.8 Å². The number of benzene rings is 1. The number of hydrogen-bond donors (Lipinski definition) is 0. The Bertz CT molecular complexity index is 1460. The van der Waals surface area contributed by atoms with E-state index in [1.165, 1.54) is 12.1 Å². The van der Waals surface area contributed by atoms with Gasteiger partial charge in [-0.3, -0.25) is 24.2 Å². The van der Waals surface area contributed by atoms with Gasteiger partial charge in [0, 0.05) is 95.7 Å². The topological polar surface area (TPSA) is 85.9 Å². The van der Waals surface area contributed by atoms with Crippen LogP contribution in [-0.4, -0.2) is 144 Å². The smallest absolute Gasteiger partial charge is 0.252 e. The SMILES string of the molecule is CC(C)N1CCN(C(=O)[C@H]2CC(N(C(=O)[C@@H]3CCCO3)C3CCC(C)(C)CC3)CN2C(=O)[C@@H]2CN(C3CCOCC3)C[C@H]2c2ccc(F)cc2F)CC1. The van der Waals surface area contributed by atoms with Crippen molar-refractivity contribution in [1.82, 2.24) is 24.5 Å². The average Bonchev–Trinajstić information content (AvgIpc) is 3.93. The summed E-state index contributed by atoms with van der Waals surface area (Å²) < 4.78 is 41.3. The predicted molar refractivity (Wildman–Crippen MR) is 197 cm³/mol. The molecule has 1 saturated carbocycles. The molecule has 0 bridgehead atoms. The van der Waals surface area contributed by atoms with Crippen molar-refractivity contribution in [3.05, 3.63) is 35.4 Å². The fourth-order valence-corrected chi connectivity index (χ4v) is 10.2. The monoisotopic (exact) mass is 741 g/mol. The third-order valence-electron chi connectivity index (χ3n) is 13.5. The highest BCUT2D eigenvalue weighted by molar-refractivity contribution is 5.91. The van der Waals surface area contributed by atoms with Crippen LogP contribution in [0.1, 0.15) is 97.0 Å². The van der Waals surface area contributed by atoms with Gasteiger partial charge in [-0.25, -0.2) is 8.78 Å². The van der Waals surface area contributed by atoms with Crippen molar-refractivity contribution in [2.45, 2.75) is 128 Å². The van der Waals surface area contributed by atoms with Gasteiger partial charge in [0.25, 0.3) is 5.91 Å². The molecule has 0 N–H and O–H groups in total. The minimum absolute atomic E-state index is 0.0129. The Hall–Kier alpha value is -2.67. The fourth-order valence-electron chi connectivity index (χ4n) is 10.2. The van der Waals surface area contributed by atoms with Gasteiger partial charge < -0.3 is 24.2 Å². The van der Waals surface area contributed by atoms with Crippen LogP contribution >= 0.6 is 0 Å². The lowest BCUT2D eigenvalue weighted by molar-refractivity contribution is -0.148. The molecule has 3 amide bonds. The number of nitrogens with zero attached hydrogens (tertiary/aromatic N) is 5. The summed E-state index contributed by atoms with van der Waals surface area (Å²) in [5.74, 6) is -2.68. The van der Waals surface area contributed by atoms with Crippen LogP contribution in [0.25, 0.3) is 0 Å². The van der Waals surface area contributed by atoms with Gasteiger partial charge in [0.1, 0.15) is 23.8 Å². The highest BCUT2D eigenvalue weighted by atomic mass is 19.1. The lowest BCUT2D eigenvalue weighted by Crippen LogP contribution is -2.56. The zero-order valence-corrected chi connectivity index (χ0v) is 32.3. The molecule has 5 saturated heterocycles. The largest absolute Gasteiger partial charge is 0.381 e. The summed E-state index contributed by atoms with van der Waals surface area (Å²) >= 11 is 0. The Balaban J connectivity index is 1.21. The molecule has 294 valence electrons. The lowest BCUT2D eigenvalue weighted by Gasteiger charge is -2.43. The van der Waals surface area contributed by atoms with Crippen LogP contribution in [0.4, 0.5) is 8.78 Å². The van der Waals surface area contributed by atoms with Crippen LogP contribution < -0.4 is 0 Å². The molecule has 6 fully saturated rings. The third-order valence-corrected chi connectivity index (χ3v) is 13.5. The number of halogens is 2. The van der Waals surface area contributed by atoms with Crippen LogP contribution in [0.5, 0.6) is 0 Å². The predicted octanol–water partition coefficient (Wildman–Crippen LogP) is 4.66. The van der Waals surface area contributed by atoms with E-state index in [1.54, 1.807) is 4.90 Å². The molecule has 1 aromatic rings. The van der Waals surface area contributed by atoms with Crippen LogP contribution in [0, 0.1) is 23.0 Å². The second-order valence-electron chi connectivity index (χ2n) is 17.7. The fraction of sp³-hybridized carbons (Fsp3) is 0.780. The van der Waals surface area contributed by atoms with Gasteiger partial charge in [0.05, 0.1) is 12.0 Å².